The molecule has 0 radical (unpaired) electrons. The van der Waals surface area contributed by atoms with E-state index in [1.807, 2.05) is 25.1 Å². The van der Waals surface area contributed by atoms with Gasteiger partial charge in [0.25, 0.3) is 5.91 Å². The molecule has 1 unspecified atom stereocenters. The Bertz CT molecular complexity index is 448. The summed E-state index contributed by atoms with van der Waals surface area (Å²) in [5.74, 6) is -0.304. The summed E-state index contributed by atoms with van der Waals surface area (Å²) >= 11 is 2.10. The van der Waals surface area contributed by atoms with Crippen molar-refractivity contribution in [1.82, 2.24) is 10.2 Å². The molecule has 5 heteroatoms. The highest BCUT2D eigenvalue weighted by molar-refractivity contribution is 14.1. The zero-order valence-electron chi connectivity index (χ0n) is 10.7. The standard InChI is InChI=1S/C13H17IN2O2/c1-4-16(3)13(18)9(2)15-12(17)10-7-5-6-8-11(10)14/h5-9H,4H2,1-3H3,(H,15,17). The number of benzene rings is 1. The molecular formula is C13H17IN2O2. The summed E-state index contributed by atoms with van der Waals surface area (Å²) in [6.07, 6.45) is 0. The largest absolute Gasteiger partial charge is 0.344 e. The van der Waals surface area contributed by atoms with Crippen molar-refractivity contribution in [3.8, 4) is 0 Å². The topological polar surface area (TPSA) is 49.4 Å². The van der Waals surface area contributed by atoms with Crippen molar-refractivity contribution in [3.63, 3.8) is 0 Å². The highest BCUT2D eigenvalue weighted by Crippen LogP contribution is 2.11. The van der Waals surface area contributed by atoms with Crippen molar-refractivity contribution in [1.29, 1.82) is 0 Å². The molecule has 1 atom stereocenters. The molecule has 0 saturated heterocycles. The first-order chi connectivity index (χ1) is 8.47. The van der Waals surface area contributed by atoms with Gasteiger partial charge >= 0.3 is 0 Å². The van der Waals surface area contributed by atoms with Crippen LogP contribution in [0.3, 0.4) is 0 Å². The number of nitrogens with zero attached hydrogens (tertiary/aromatic N) is 1. The van der Waals surface area contributed by atoms with Gasteiger partial charge in [0.2, 0.25) is 5.91 Å². The average molecular weight is 360 g/mol. The van der Waals surface area contributed by atoms with Crippen LogP contribution in [0.2, 0.25) is 0 Å². The highest BCUT2D eigenvalue weighted by atomic mass is 127. The second-order valence-electron chi connectivity index (χ2n) is 4.03. The Morgan fingerprint density at radius 3 is 2.56 bits per heavy atom. The fraction of sp³-hybridized carbons (Fsp3) is 0.385. The van der Waals surface area contributed by atoms with Crippen molar-refractivity contribution in [2.45, 2.75) is 19.9 Å². The Kier molecular flexibility index (Phi) is 5.58. The summed E-state index contributed by atoms with van der Waals surface area (Å²) < 4.78 is 0.871. The monoisotopic (exact) mass is 360 g/mol. The fourth-order valence-electron chi connectivity index (χ4n) is 1.47. The lowest BCUT2D eigenvalue weighted by Gasteiger charge is -2.20. The lowest BCUT2D eigenvalue weighted by Crippen LogP contribution is -2.45. The predicted octanol–water partition coefficient (Wildman–Crippen LogP) is 1.89. The van der Waals surface area contributed by atoms with Crippen molar-refractivity contribution in [2.24, 2.45) is 0 Å². The molecule has 0 spiro atoms. The van der Waals surface area contributed by atoms with Gasteiger partial charge in [-0.05, 0) is 48.6 Å². The number of carbonyl (C=O) groups excluding carboxylic acids is 2. The maximum Gasteiger partial charge on any atom is 0.252 e. The molecule has 1 N–H and O–H groups in total. The molecule has 1 aromatic carbocycles. The quantitative estimate of drug-likeness (QED) is 0.834. The van der Waals surface area contributed by atoms with Crippen LogP contribution in [0.25, 0.3) is 0 Å². The SMILES string of the molecule is CCN(C)C(=O)C(C)NC(=O)c1ccccc1I. The molecule has 4 nitrogen and oxygen atoms in total. The normalized spacial score (nSPS) is 11.8. The third kappa shape index (κ3) is 3.69. The van der Waals surface area contributed by atoms with Crippen LogP contribution >= 0.6 is 22.6 Å². The van der Waals surface area contributed by atoms with Crippen LogP contribution in [-0.2, 0) is 4.79 Å². The summed E-state index contributed by atoms with van der Waals surface area (Å²) in [6, 6.07) is 6.77. The summed E-state index contributed by atoms with van der Waals surface area (Å²) in [7, 11) is 1.72. The van der Waals surface area contributed by atoms with Gasteiger partial charge in [-0.15, -0.1) is 0 Å². The maximum atomic E-state index is 12.0. The number of halogens is 1. The van der Waals surface area contributed by atoms with Gasteiger partial charge in [-0.2, -0.15) is 0 Å². The summed E-state index contributed by atoms with van der Waals surface area (Å²) in [5.41, 5.74) is 0.594. The number of hydrogen-bond donors (Lipinski definition) is 1. The van der Waals surface area contributed by atoms with Gasteiger partial charge < -0.3 is 10.2 Å². The van der Waals surface area contributed by atoms with Crippen molar-refractivity contribution >= 4 is 34.4 Å². The van der Waals surface area contributed by atoms with Gasteiger partial charge in [-0.25, -0.2) is 0 Å². The Morgan fingerprint density at radius 2 is 2.00 bits per heavy atom. The van der Waals surface area contributed by atoms with E-state index in [-0.39, 0.29) is 11.8 Å². The van der Waals surface area contributed by atoms with Gasteiger partial charge in [0.15, 0.2) is 0 Å². The zero-order chi connectivity index (χ0) is 13.7. The first-order valence-corrected chi connectivity index (χ1v) is 6.85. The van der Waals surface area contributed by atoms with E-state index in [9.17, 15) is 9.59 Å². The molecule has 18 heavy (non-hydrogen) atoms. The summed E-state index contributed by atoms with van der Waals surface area (Å²) in [5, 5.41) is 2.72. The molecule has 0 saturated carbocycles. The lowest BCUT2D eigenvalue weighted by atomic mass is 10.2. The number of nitrogens with one attached hydrogen (secondary N) is 1. The van der Waals surface area contributed by atoms with Gasteiger partial charge in [0.05, 0.1) is 5.56 Å². The molecule has 1 rings (SSSR count). The van der Waals surface area contributed by atoms with E-state index in [0.29, 0.717) is 12.1 Å². The number of hydrogen-bond acceptors (Lipinski definition) is 2. The second-order valence-corrected chi connectivity index (χ2v) is 5.19. The molecule has 0 heterocycles. The van der Waals surface area contributed by atoms with Crippen LogP contribution in [-0.4, -0.2) is 36.3 Å². The van der Waals surface area contributed by atoms with Crippen LogP contribution < -0.4 is 5.32 Å². The third-order valence-electron chi connectivity index (χ3n) is 2.69. The Morgan fingerprint density at radius 1 is 1.39 bits per heavy atom. The molecule has 1 aromatic rings. The molecule has 0 bridgehead atoms. The average Bonchev–Trinajstić information content (AvgIpc) is 2.37. The van der Waals surface area contributed by atoms with Gasteiger partial charge in [-0.3, -0.25) is 9.59 Å². The summed E-state index contributed by atoms with van der Waals surface area (Å²) in [6.45, 7) is 4.22. The first kappa shape index (κ1) is 14.9. The first-order valence-electron chi connectivity index (χ1n) is 5.77. The zero-order valence-corrected chi connectivity index (χ0v) is 12.9. The Hall–Kier alpha value is -1.11. The van der Waals surface area contributed by atoms with Crippen molar-refractivity contribution < 1.29 is 9.59 Å². The molecule has 0 fully saturated rings. The minimum absolute atomic E-state index is 0.0863. The number of rotatable bonds is 4. The van der Waals surface area contributed by atoms with Crippen molar-refractivity contribution in [2.75, 3.05) is 13.6 Å². The molecule has 98 valence electrons. The van der Waals surface area contributed by atoms with E-state index >= 15 is 0 Å². The minimum atomic E-state index is -0.515. The van der Waals surface area contributed by atoms with Gasteiger partial charge in [-0.1, -0.05) is 12.1 Å². The van der Waals surface area contributed by atoms with E-state index in [4.69, 9.17) is 0 Å². The van der Waals surface area contributed by atoms with Crippen LogP contribution in [0.5, 0.6) is 0 Å². The van der Waals surface area contributed by atoms with Gasteiger partial charge in [0.1, 0.15) is 6.04 Å². The van der Waals surface area contributed by atoms with E-state index in [1.54, 1.807) is 24.9 Å². The van der Waals surface area contributed by atoms with E-state index in [1.165, 1.54) is 0 Å². The van der Waals surface area contributed by atoms with Crippen molar-refractivity contribution in [3.05, 3.63) is 33.4 Å². The molecule has 0 aromatic heterocycles. The predicted molar refractivity (Wildman–Crippen MR) is 79.4 cm³/mol. The highest BCUT2D eigenvalue weighted by Gasteiger charge is 2.19. The molecule has 0 aliphatic carbocycles. The fourth-order valence-corrected chi connectivity index (χ4v) is 2.10. The summed E-state index contributed by atoms with van der Waals surface area (Å²) in [4.78, 5) is 25.4. The van der Waals surface area contributed by atoms with E-state index in [0.717, 1.165) is 3.57 Å². The van der Waals surface area contributed by atoms with E-state index < -0.39 is 6.04 Å². The molecule has 0 aliphatic heterocycles. The van der Waals surface area contributed by atoms with Crippen LogP contribution in [0, 0.1) is 3.57 Å². The molecule has 0 aliphatic rings. The third-order valence-corrected chi connectivity index (χ3v) is 3.63. The van der Waals surface area contributed by atoms with Crippen LogP contribution in [0.4, 0.5) is 0 Å². The maximum absolute atomic E-state index is 12.0. The Labute approximate surface area is 121 Å². The van der Waals surface area contributed by atoms with Crippen LogP contribution in [0.1, 0.15) is 24.2 Å². The smallest absolute Gasteiger partial charge is 0.252 e. The number of carbonyl (C=O) groups is 2. The van der Waals surface area contributed by atoms with E-state index in [2.05, 4.69) is 27.9 Å². The van der Waals surface area contributed by atoms with Gasteiger partial charge in [0, 0.05) is 17.2 Å². The Balaban J connectivity index is 2.71. The number of amides is 2. The molecule has 2 amide bonds. The molecular weight excluding hydrogens is 343 g/mol. The number of likely N-dealkylation sites (N-methyl/N-ethyl adjacent to an activating group) is 1. The van der Waals surface area contributed by atoms with Crippen LogP contribution in [0.15, 0.2) is 24.3 Å². The minimum Gasteiger partial charge on any atom is -0.344 e. The lowest BCUT2D eigenvalue weighted by molar-refractivity contribution is -0.131. The second kappa shape index (κ2) is 6.72.